The highest BCUT2D eigenvalue weighted by atomic mass is 79.9. The topological polar surface area (TPSA) is 67.2 Å². The zero-order valence-electron chi connectivity index (χ0n) is 14.7. The molecule has 2 aromatic carbocycles. The van der Waals surface area contributed by atoms with E-state index in [1.165, 1.54) is 6.08 Å². The molecule has 2 rings (SSSR count). The minimum absolute atomic E-state index is 0.0930. The van der Waals surface area contributed by atoms with Gasteiger partial charge in [0.05, 0.1) is 11.1 Å². The molecular weight excluding hydrogens is 394 g/mol. The lowest BCUT2D eigenvalue weighted by atomic mass is 9.86. The number of hydrogen-bond acceptors (Lipinski definition) is 4. The van der Waals surface area contributed by atoms with Crippen molar-refractivity contribution in [3.63, 3.8) is 0 Å². The second kappa shape index (κ2) is 8.11. The molecule has 0 bridgehead atoms. The number of carbonyl (C=O) groups excluding carboxylic acids is 2. The van der Waals surface area contributed by atoms with E-state index in [2.05, 4.69) is 15.9 Å². The lowest BCUT2D eigenvalue weighted by Gasteiger charge is -2.15. The molecule has 0 radical (unpaired) electrons. The van der Waals surface area contributed by atoms with Gasteiger partial charge in [0.1, 0.15) is 11.8 Å². The highest BCUT2D eigenvalue weighted by Gasteiger charge is 2.24. The fourth-order valence-electron chi connectivity index (χ4n) is 2.14. The molecule has 26 heavy (non-hydrogen) atoms. The molecule has 0 amide bonds. The highest BCUT2D eigenvalue weighted by Crippen LogP contribution is 2.23. The number of carbonyl (C=O) groups is 2. The van der Waals surface area contributed by atoms with Gasteiger partial charge >= 0.3 is 5.97 Å². The summed E-state index contributed by atoms with van der Waals surface area (Å²) in [5.41, 5.74) is 0.578. The average Bonchev–Trinajstić information content (AvgIpc) is 2.60. The van der Waals surface area contributed by atoms with Gasteiger partial charge in [0.15, 0.2) is 5.78 Å². The largest absolute Gasteiger partial charge is 0.423 e. The van der Waals surface area contributed by atoms with E-state index in [9.17, 15) is 14.9 Å². The zero-order valence-corrected chi connectivity index (χ0v) is 16.3. The van der Waals surface area contributed by atoms with Crippen molar-refractivity contribution in [3.8, 4) is 11.8 Å². The minimum atomic E-state index is -0.625. The summed E-state index contributed by atoms with van der Waals surface area (Å²) in [6.45, 7) is 5.31. The van der Waals surface area contributed by atoms with Crippen molar-refractivity contribution in [3.05, 3.63) is 69.7 Å². The number of esters is 1. The van der Waals surface area contributed by atoms with Crippen LogP contribution in [0, 0.1) is 16.7 Å². The van der Waals surface area contributed by atoms with Crippen LogP contribution >= 0.6 is 15.9 Å². The number of hydrogen-bond donors (Lipinski definition) is 0. The Hall–Kier alpha value is -2.71. The van der Waals surface area contributed by atoms with Crippen LogP contribution in [0.5, 0.6) is 5.75 Å². The van der Waals surface area contributed by atoms with Crippen LogP contribution in [0.2, 0.25) is 0 Å². The van der Waals surface area contributed by atoms with Gasteiger partial charge in [-0.2, -0.15) is 5.26 Å². The van der Waals surface area contributed by atoms with Gasteiger partial charge < -0.3 is 4.74 Å². The van der Waals surface area contributed by atoms with E-state index in [1.54, 1.807) is 63.2 Å². The van der Waals surface area contributed by atoms with Crippen LogP contribution in [0.25, 0.3) is 6.08 Å². The van der Waals surface area contributed by atoms with Crippen LogP contribution < -0.4 is 4.74 Å². The van der Waals surface area contributed by atoms with Gasteiger partial charge in [0.2, 0.25) is 0 Å². The molecule has 0 aromatic heterocycles. The molecule has 0 saturated carbocycles. The van der Waals surface area contributed by atoms with Crippen molar-refractivity contribution in [2.24, 2.45) is 5.41 Å². The van der Waals surface area contributed by atoms with Crippen LogP contribution in [0.3, 0.4) is 0 Å². The Morgan fingerprint density at radius 2 is 1.69 bits per heavy atom. The zero-order chi connectivity index (χ0) is 19.3. The summed E-state index contributed by atoms with van der Waals surface area (Å²) >= 11 is 3.32. The molecule has 0 heterocycles. The summed E-state index contributed by atoms with van der Waals surface area (Å²) in [5, 5.41) is 9.23. The van der Waals surface area contributed by atoms with Crippen molar-refractivity contribution < 1.29 is 14.3 Å². The van der Waals surface area contributed by atoms with Gasteiger partial charge in [0.25, 0.3) is 0 Å². The smallest absolute Gasteiger partial charge is 0.344 e. The molecule has 0 aliphatic rings. The first-order chi connectivity index (χ1) is 12.2. The number of ketones is 1. The van der Waals surface area contributed by atoms with E-state index < -0.39 is 11.4 Å². The summed E-state index contributed by atoms with van der Waals surface area (Å²) in [6.07, 6.45) is 1.53. The first kappa shape index (κ1) is 19.6. The fourth-order valence-corrected chi connectivity index (χ4v) is 2.59. The number of benzene rings is 2. The number of Topliss-reactive ketones (excluding diaryl/α,β-unsaturated/α-hetero) is 1. The number of allylic oxidation sites excluding steroid dienone is 1. The summed E-state index contributed by atoms with van der Waals surface area (Å²) < 4.78 is 6.00. The molecule has 0 N–H and O–H groups in total. The van der Waals surface area contributed by atoms with Gasteiger partial charge in [-0.1, -0.05) is 45.0 Å². The predicted octanol–water partition coefficient (Wildman–Crippen LogP) is 5.19. The van der Waals surface area contributed by atoms with E-state index in [0.29, 0.717) is 21.3 Å². The number of rotatable bonds is 4. The second-order valence-electron chi connectivity index (χ2n) is 6.69. The average molecular weight is 412 g/mol. The minimum Gasteiger partial charge on any atom is -0.423 e. The van der Waals surface area contributed by atoms with Crippen LogP contribution in [-0.4, -0.2) is 11.8 Å². The van der Waals surface area contributed by atoms with Crippen LogP contribution in [-0.2, 0) is 4.79 Å². The molecule has 0 spiro atoms. The Balaban J connectivity index is 2.17. The Bertz CT molecular complexity index is 900. The Kier molecular flexibility index (Phi) is 6.12. The Morgan fingerprint density at radius 3 is 2.23 bits per heavy atom. The third kappa shape index (κ3) is 4.90. The molecule has 2 aromatic rings. The molecule has 132 valence electrons. The molecule has 0 aliphatic carbocycles. The lowest BCUT2D eigenvalue weighted by molar-refractivity contribution is -0.121. The van der Waals surface area contributed by atoms with Crippen LogP contribution in [0.1, 0.15) is 36.7 Å². The van der Waals surface area contributed by atoms with E-state index in [4.69, 9.17) is 4.74 Å². The molecule has 0 unspecified atom stereocenters. The molecule has 0 fully saturated rings. The number of ether oxygens (including phenoxy) is 1. The van der Waals surface area contributed by atoms with E-state index >= 15 is 0 Å². The summed E-state index contributed by atoms with van der Waals surface area (Å²) in [7, 11) is 0. The normalized spacial score (nSPS) is 11.6. The van der Waals surface area contributed by atoms with Gasteiger partial charge in [-0.25, -0.2) is 4.79 Å². The van der Waals surface area contributed by atoms with Crippen molar-refractivity contribution in [1.29, 1.82) is 5.26 Å². The van der Waals surface area contributed by atoms with Crippen molar-refractivity contribution >= 4 is 33.8 Å². The van der Waals surface area contributed by atoms with E-state index in [0.717, 1.165) is 0 Å². The highest BCUT2D eigenvalue weighted by molar-refractivity contribution is 9.10. The lowest BCUT2D eigenvalue weighted by Crippen LogP contribution is -2.21. The third-order valence-electron chi connectivity index (χ3n) is 3.54. The molecular formula is C21H18BrNO3. The third-order valence-corrected chi connectivity index (χ3v) is 4.23. The van der Waals surface area contributed by atoms with Gasteiger partial charge in [-0.3, -0.25) is 4.79 Å². The molecule has 5 heteroatoms. The van der Waals surface area contributed by atoms with Crippen LogP contribution in [0.15, 0.2) is 58.6 Å². The summed E-state index contributed by atoms with van der Waals surface area (Å²) in [4.78, 5) is 24.4. The van der Waals surface area contributed by atoms with Gasteiger partial charge in [0, 0.05) is 9.89 Å². The van der Waals surface area contributed by atoms with Gasteiger partial charge in [-0.05, 0) is 51.8 Å². The predicted molar refractivity (Wildman–Crippen MR) is 104 cm³/mol. The van der Waals surface area contributed by atoms with Crippen molar-refractivity contribution in [2.45, 2.75) is 20.8 Å². The van der Waals surface area contributed by atoms with Crippen molar-refractivity contribution in [2.75, 3.05) is 0 Å². The first-order valence-electron chi connectivity index (χ1n) is 7.96. The monoisotopic (exact) mass is 411 g/mol. The molecule has 0 saturated heterocycles. The standard InChI is InChI=1S/C21H18BrNO3/c1-21(2,3)19(24)15(13-23)12-14-8-10-16(11-9-14)26-20(25)17-6-4-5-7-18(17)22/h4-12H,1-3H3. The molecule has 0 aliphatic heterocycles. The second-order valence-corrected chi connectivity index (χ2v) is 7.54. The SMILES string of the molecule is CC(C)(C)C(=O)C(C#N)=Cc1ccc(OC(=O)c2ccccc2Br)cc1. The first-order valence-corrected chi connectivity index (χ1v) is 8.75. The van der Waals surface area contributed by atoms with E-state index in [1.807, 2.05) is 12.1 Å². The summed E-state index contributed by atoms with van der Waals surface area (Å²) in [5.74, 6) is -0.311. The number of nitrogens with zero attached hydrogens (tertiary/aromatic N) is 1. The maximum absolute atomic E-state index is 12.2. The maximum atomic E-state index is 12.2. The quantitative estimate of drug-likeness (QED) is 0.300. The summed E-state index contributed by atoms with van der Waals surface area (Å²) in [6, 6.07) is 15.6. The van der Waals surface area contributed by atoms with Crippen molar-refractivity contribution in [1.82, 2.24) is 0 Å². The van der Waals surface area contributed by atoms with E-state index in [-0.39, 0.29) is 11.4 Å². The fraction of sp³-hybridized carbons (Fsp3) is 0.190. The molecule has 0 atom stereocenters. The maximum Gasteiger partial charge on any atom is 0.344 e. The Morgan fingerprint density at radius 1 is 1.08 bits per heavy atom. The molecule has 4 nitrogen and oxygen atoms in total. The number of halogens is 1. The number of nitriles is 1. The Labute approximate surface area is 161 Å². The van der Waals surface area contributed by atoms with Crippen LogP contribution in [0.4, 0.5) is 0 Å². The van der Waals surface area contributed by atoms with Gasteiger partial charge in [-0.15, -0.1) is 0 Å².